The van der Waals surface area contributed by atoms with Gasteiger partial charge in [0.2, 0.25) is 10.0 Å². The lowest BCUT2D eigenvalue weighted by atomic mass is 9.96. The lowest BCUT2D eigenvalue weighted by Gasteiger charge is -2.22. The van der Waals surface area contributed by atoms with E-state index < -0.39 is 10.0 Å². The van der Waals surface area contributed by atoms with E-state index >= 15 is 0 Å². The first-order valence-electron chi connectivity index (χ1n) is 12.4. The van der Waals surface area contributed by atoms with Gasteiger partial charge < -0.3 is 10.1 Å². The summed E-state index contributed by atoms with van der Waals surface area (Å²) in [5.41, 5.74) is 2.21. The summed E-state index contributed by atoms with van der Waals surface area (Å²) in [6, 6.07) is 23.2. The van der Waals surface area contributed by atoms with Gasteiger partial charge in [-0.2, -0.15) is 0 Å². The fraction of sp³-hybridized carbons (Fsp3) is 0.286. The molecule has 1 aliphatic carbocycles. The average molecular weight is 538 g/mol. The molecule has 1 saturated carbocycles. The number of rotatable bonds is 9. The fourth-order valence-corrected chi connectivity index (χ4v) is 5.71. The van der Waals surface area contributed by atoms with Crippen molar-refractivity contribution in [2.45, 2.75) is 49.5 Å². The van der Waals surface area contributed by atoms with Crippen LogP contribution >= 0.6 is 12.2 Å². The highest BCUT2D eigenvalue weighted by Gasteiger charge is 2.21. The van der Waals surface area contributed by atoms with Crippen LogP contribution in [0.2, 0.25) is 0 Å². The van der Waals surface area contributed by atoms with Crippen LogP contribution in [0.25, 0.3) is 0 Å². The molecule has 4 rings (SSSR count). The standard InChI is InChI=1S/C28H31N3O4S2/c32-27(22-11-15-25(16-12-22)35-20-19-21-7-3-1-4-8-21)30-28(36)29-23-13-17-26(18-14-23)37(33,34)31-24-9-5-2-6-10-24/h1,3-4,7-8,11-18,24,31H,2,5-6,9-10,19-20H2,(H2,29,30,32,36). The van der Waals surface area contributed by atoms with Crippen LogP contribution in [0, 0.1) is 0 Å². The van der Waals surface area contributed by atoms with Gasteiger partial charge in [-0.25, -0.2) is 13.1 Å². The van der Waals surface area contributed by atoms with E-state index in [1.807, 2.05) is 18.2 Å². The molecule has 3 aromatic carbocycles. The van der Waals surface area contributed by atoms with E-state index in [4.69, 9.17) is 17.0 Å². The van der Waals surface area contributed by atoms with Crippen LogP contribution < -0.4 is 20.1 Å². The maximum atomic E-state index is 12.7. The van der Waals surface area contributed by atoms with E-state index in [2.05, 4.69) is 27.5 Å². The first kappa shape index (κ1) is 26.8. The summed E-state index contributed by atoms with van der Waals surface area (Å²) in [5, 5.41) is 5.67. The third-order valence-corrected chi connectivity index (χ3v) is 7.94. The predicted octanol–water partition coefficient (Wildman–Crippen LogP) is 5.05. The summed E-state index contributed by atoms with van der Waals surface area (Å²) in [4.78, 5) is 12.8. The van der Waals surface area contributed by atoms with Crippen LogP contribution in [0.1, 0.15) is 48.0 Å². The average Bonchev–Trinajstić information content (AvgIpc) is 2.90. The van der Waals surface area contributed by atoms with Gasteiger partial charge in [0.1, 0.15) is 5.75 Å². The first-order valence-corrected chi connectivity index (χ1v) is 14.3. The molecule has 0 radical (unpaired) electrons. The molecule has 0 heterocycles. The maximum absolute atomic E-state index is 12.7. The number of sulfonamides is 1. The number of anilines is 1. The largest absolute Gasteiger partial charge is 0.493 e. The Morgan fingerprint density at radius 2 is 1.57 bits per heavy atom. The van der Waals surface area contributed by atoms with Crippen molar-refractivity contribution in [3.8, 4) is 5.75 Å². The van der Waals surface area contributed by atoms with E-state index in [1.54, 1.807) is 36.4 Å². The Kier molecular flexibility index (Phi) is 9.27. The Morgan fingerprint density at radius 3 is 2.24 bits per heavy atom. The first-order chi connectivity index (χ1) is 17.9. The topological polar surface area (TPSA) is 96.5 Å². The molecule has 9 heteroatoms. The number of thiocarbonyl (C=S) groups is 1. The van der Waals surface area contributed by atoms with E-state index in [-0.39, 0.29) is 22.0 Å². The van der Waals surface area contributed by atoms with Crippen LogP contribution in [-0.4, -0.2) is 32.1 Å². The predicted molar refractivity (Wildman–Crippen MR) is 149 cm³/mol. The van der Waals surface area contributed by atoms with Crippen molar-refractivity contribution in [2.24, 2.45) is 0 Å². The van der Waals surface area contributed by atoms with Crippen molar-refractivity contribution in [1.29, 1.82) is 0 Å². The number of nitrogens with one attached hydrogen (secondary N) is 3. The van der Waals surface area contributed by atoms with Gasteiger partial charge in [-0.15, -0.1) is 0 Å². The van der Waals surface area contributed by atoms with Gasteiger partial charge >= 0.3 is 0 Å². The molecule has 1 fully saturated rings. The van der Waals surface area contributed by atoms with Crippen LogP contribution in [0.4, 0.5) is 5.69 Å². The van der Waals surface area contributed by atoms with Gasteiger partial charge in [0.15, 0.2) is 5.11 Å². The zero-order valence-corrected chi connectivity index (χ0v) is 22.1. The molecule has 0 atom stereocenters. The monoisotopic (exact) mass is 537 g/mol. The van der Waals surface area contributed by atoms with Gasteiger partial charge in [-0.05, 0) is 79.2 Å². The highest BCUT2D eigenvalue weighted by atomic mass is 32.2. The molecule has 3 aromatic rings. The summed E-state index contributed by atoms with van der Waals surface area (Å²) in [6.45, 7) is 0.542. The Balaban J connectivity index is 1.24. The third kappa shape index (κ3) is 8.11. The molecule has 1 aliphatic rings. The second-order valence-electron chi connectivity index (χ2n) is 9.00. The minimum atomic E-state index is -3.57. The van der Waals surface area contributed by atoms with Gasteiger partial charge in [0.25, 0.3) is 5.91 Å². The quantitative estimate of drug-likeness (QED) is 0.331. The van der Waals surface area contributed by atoms with Crippen LogP contribution in [0.5, 0.6) is 5.75 Å². The minimum Gasteiger partial charge on any atom is -0.493 e. The van der Waals surface area contributed by atoms with Crippen molar-refractivity contribution in [3.63, 3.8) is 0 Å². The number of carbonyl (C=O) groups excluding carboxylic acids is 1. The Labute approximate surface area is 223 Å². The zero-order valence-electron chi connectivity index (χ0n) is 20.5. The second kappa shape index (κ2) is 12.8. The fourth-order valence-electron chi connectivity index (χ4n) is 4.20. The molecule has 0 aromatic heterocycles. The smallest absolute Gasteiger partial charge is 0.257 e. The summed E-state index contributed by atoms with van der Waals surface area (Å²) >= 11 is 5.26. The van der Waals surface area contributed by atoms with E-state index in [0.717, 1.165) is 38.5 Å². The van der Waals surface area contributed by atoms with Crippen molar-refractivity contribution < 1.29 is 17.9 Å². The molecule has 0 saturated heterocycles. The van der Waals surface area contributed by atoms with Crippen LogP contribution in [0.15, 0.2) is 83.8 Å². The third-order valence-electron chi connectivity index (χ3n) is 6.20. The van der Waals surface area contributed by atoms with Crippen molar-refractivity contribution in [2.75, 3.05) is 11.9 Å². The normalized spacial score (nSPS) is 14.1. The summed E-state index contributed by atoms with van der Waals surface area (Å²) in [6.07, 6.45) is 5.79. The molecule has 0 bridgehead atoms. The van der Waals surface area contributed by atoms with E-state index in [9.17, 15) is 13.2 Å². The number of hydrogen-bond donors (Lipinski definition) is 3. The number of hydrogen-bond acceptors (Lipinski definition) is 5. The molecule has 7 nitrogen and oxygen atoms in total. The van der Waals surface area contributed by atoms with Crippen molar-refractivity contribution in [1.82, 2.24) is 10.0 Å². The Bertz CT molecular complexity index is 1290. The molecule has 0 unspecified atom stereocenters. The molecule has 0 spiro atoms. The summed E-state index contributed by atoms with van der Waals surface area (Å²) in [5.74, 6) is 0.324. The lowest BCUT2D eigenvalue weighted by Crippen LogP contribution is -2.36. The molecular weight excluding hydrogens is 506 g/mol. The SMILES string of the molecule is O=C(NC(=S)Nc1ccc(S(=O)(=O)NC2CCCCC2)cc1)c1ccc(OCCc2ccccc2)cc1. The number of amides is 1. The Hall–Kier alpha value is -3.27. The highest BCUT2D eigenvalue weighted by Crippen LogP contribution is 2.21. The molecule has 1 amide bonds. The Morgan fingerprint density at radius 1 is 0.892 bits per heavy atom. The van der Waals surface area contributed by atoms with Crippen LogP contribution in [0.3, 0.4) is 0 Å². The van der Waals surface area contributed by atoms with E-state index in [1.165, 1.54) is 17.7 Å². The van der Waals surface area contributed by atoms with E-state index in [0.29, 0.717) is 23.6 Å². The molecule has 194 valence electrons. The number of benzene rings is 3. The van der Waals surface area contributed by atoms with Gasteiger partial charge in [-0.3, -0.25) is 10.1 Å². The molecule has 0 aliphatic heterocycles. The number of ether oxygens (including phenoxy) is 1. The zero-order chi connectivity index (χ0) is 26.1. The summed E-state index contributed by atoms with van der Waals surface area (Å²) < 4.78 is 33.9. The number of carbonyl (C=O) groups is 1. The maximum Gasteiger partial charge on any atom is 0.257 e. The lowest BCUT2D eigenvalue weighted by molar-refractivity contribution is 0.0977. The van der Waals surface area contributed by atoms with Gasteiger partial charge in [-0.1, -0.05) is 49.6 Å². The van der Waals surface area contributed by atoms with Gasteiger partial charge in [0, 0.05) is 23.7 Å². The van der Waals surface area contributed by atoms with Gasteiger partial charge in [0.05, 0.1) is 11.5 Å². The summed E-state index contributed by atoms with van der Waals surface area (Å²) in [7, 11) is -3.57. The molecule has 37 heavy (non-hydrogen) atoms. The molecule has 3 N–H and O–H groups in total. The van der Waals surface area contributed by atoms with Crippen molar-refractivity contribution in [3.05, 3.63) is 90.0 Å². The highest BCUT2D eigenvalue weighted by molar-refractivity contribution is 7.89. The second-order valence-corrected chi connectivity index (χ2v) is 11.1. The minimum absolute atomic E-state index is 0.00532. The van der Waals surface area contributed by atoms with Crippen LogP contribution in [-0.2, 0) is 16.4 Å². The molecular formula is C28H31N3O4S2. The van der Waals surface area contributed by atoms with Crippen molar-refractivity contribution >= 4 is 38.9 Å².